The summed E-state index contributed by atoms with van der Waals surface area (Å²) < 4.78 is 6.11. The summed E-state index contributed by atoms with van der Waals surface area (Å²) in [5, 5.41) is 13.0. The Kier molecular flexibility index (Phi) is 2.87. The van der Waals surface area contributed by atoms with E-state index < -0.39 is 5.97 Å². The molecule has 0 spiro atoms. The maximum absolute atomic E-state index is 12.4. The van der Waals surface area contributed by atoms with Gasteiger partial charge in [-0.05, 0) is 12.5 Å². The minimum Gasteiger partial charge on any atom is -0.477 e. The van der Waals surface area contributed by atoms with E-state index in [1.807, 2.05) is 0 Å². The van der Waals surface area contributed by atoms with Gasteiger partial charge < -0.3 is 9.63 Å². The van der Waals surface area contributed by atoms with E-state index in [1.54, 1.807) is 6.92 Å². The molecule has 0 aliphatic heterocycles. The van der Waals surface area contributed by atoms with Crippen LogP contribution in [0.2, 0.25) is 0 Å². The number of aryl methyl sites for hydroxylation is 1. The summed E-state index contributed by atoms with van der Waals surface area (Å²) in [6, 6.07) is 0. The first-order chi connectivity index (χ1) is 9.58. The first kappa shape index (κ1) is 12.5. The zero-order valence-electron chi connectivity index (χ0n) is 10.4. The van der Waals surface area contributed by atoms with Crippen molar-refractivity contribution in [1.82, 2.24) is 14.7 Å². The third-order valence-corrected chi connectivity index (χ3v) is 4.14. The van der Waals surface area contributed by atoms with Crippen LogP contribution in [0.5, 0.6) is 0 Å². The van der Waals surface area contributed by atoms with E-state index in [1.165, 1.54) is 23.4 Å². The van der Waals surface area contributed by atoms with Crippen LogP contribution in [-0.2, 0) is 6.54 Å². The van der Waals surface area contributed by atoms with Crippen LogP contribution in [-0.4, -0.2) is 25.8 Å². The monoisotopic (exact) mass is 291 g/mol. The first-order valence-corrected chi connectivity index (χ1v) is 6.49. The predicted molar refractivity (Wildman–Crippen MR) is 71.2 cm³/mol. The first-order valence-electron chi connectivity index (χ1n) is 5.68. The van der Waals surface area contributed by atoms with Gasteiger partial charge in [0.15, 0.2) is 0 Å². The van der Waals surface area contributed by atoms with Gasteiger partial charge in [0.2, 0.25) is 0 Å². The summed E-state index contributed by atoms with van der Waals surface area (Å²) in [6.45, 7) is 1.90. The predicted octanol–water partition coefficient (Wildman–Crippen LogP) is 1.50. The van der Waals surface area contributed by atoms with Gasteiger partial charge in [0.05, 0.1) is 24.5 Å². The molecule has 0 aliphatic rings. The van der Waals surface area contributed by atoms with E-state index in [0.717, 1.165) is 16.9 Å². The van der Waals surface area contributed by atoms with Gasteiger partial charge in [-0.2, -0.15) is 0 Å². The molecular weight excluding hydrogens is 282 g/mol. The molecule has 20 heavy (non-hydrogen) atoms. The average molecular weight is 291 g/mol. The van der Waals surface area contributed by atoms with Crippen molar-refractivity contribution < 1.29 is 14.4 Å². The fourth-order valence-electron chi connectivity index (χ4n) is 1.98. The number of aromatic nitrogens is 3. The lowest BCUT2D eigenvalue weighted by molar-refractivity contribution is 0.0701. The Balaban J connectivity index is 2.17. The molecule has 0 amide bonds. The van der Waals surface area contributed by atoms with E-state index in [4.69, 9.17) is 9.63 Å². The molecule has 3 aromatic rings. The lowest BCUT2D eigenvalue weighted by Gasteiger charge is -2.02. The number of rotatable bonds is 3. The van der Waals surface area contributed by atoms with Crippen LogP contribution >= 0.6 is 11.3 Å². The van der Waals surface area contributed by atoms with Gasteiger partial charge in [-0.15, -0.1) is 11.3 Å². The van der Waals surface area contributed by atoms with Gasteiger partial charge >= 0.3 is 5.97 Å². The van der Waals surface area contributed by atoms with E-state index in [0.29, 0.717) is 15.8 Å². The van der Waals surface area contributed by atoms with Crippen LogP contribution in [0.4, 0.5) is 0 Å². The van der Waals surface area contributed by atoms with Gasteiger partial charge in [-0.1, -0.05) is 5.16 Å². The summed E-state index contributed by atoms with van der Waals surface area (Å²) >= 11 is 1.01. The summed E-state index contributed by atoms with van der Waals surface area (Å²) in [5.74, 6) is -1.05. The summed E-state index contributed by atoms with van der Waals surface area (Å²) in [5.41, 5.74) is 0.923. The Labute approximate surface area is 116 Å². The van der Waals surface area contributed by atoms with E-state index in [9.17, 15) is 9.59 Å². The number of aromatic carboxylic acids is 1. The molecule has 1 N–H and O–H groups in total. The molecule has 7 nitrogen and oxygen atoms in total. The molecule has 0 unspecified atom stereocenters. The molecule has 3 rings (SSSR count). The van der Waals surface area contributed by atoms with E-state index in [-0.39, 0.29) is 17.0 Å². The van der Waals surface area contributed by atoms with Crippen molar-refractivity contribution in [3.8, 4) is 0 Å². The van der Waals surface area contributed by atoms with E-state index >= 15 is 0 Å². The molecule has 0 bridgehead atoms. The molecule has 8 heteroatoms. The number of hydrogen-bond acceptors (Lipinski definition) is 6. The molecule has 3 heterocycles. The van der Waals surface area contributed by atoms with Crippen LogP contribution in [0.25, 0.3) is 10.2 Å². The number of thiophene rings is 1. The van der Waals surface area contributed by atoms with E-state index in [2.05, 4.69) is 10.1 Å². The standard InChI is InChI=1S/C12H9N3O4S/c1-6-8-10(20-9(6)12(17)18)13-5-15(11(8)16)3-7-2-14-19-4-7/h2,4-5H,3H2,1H3,(H,17,18). The Bertz CT molecular complexity index is 848. The average Bonchev–Trinajstić information content (AvgIpc) is 3.01. The molecular formula is C12H9N3O4S. The topological polar surface area (TPSA) is 98.2 Å². The largest absolute Gasteiger partial charge is 0.477 e. The van der Waals surface area contributed by atoms with Crippen LogP contribution in [0.3, 0.4) is 0 Å². The Hall–Kier alpha value is -2.48. The Morgan fingerprint density at radius 1 is 1.55 bits per heavy atom. The van der Waals surface area contributed by atoms with Crippen molar-refractivity contribution in [1.29, 1.82) is 0 Å². The van der Waals surface area contributed by atoms with Crippen molar-refractivity contribution in [2.24, 2.45) is 0 Å². The molecule has 0 saturated heterocycles. The van der Waals surface area contributed by atoms with Crippen LogP contribution in [0.15, 0.2) is 28.1 Å². The number of hydrogen-bond donors (Lipinski definition) is 1. The zero-order chi connectivity index (χ0) is 14.3. The lowest BCUT2D eigenvalue weighted by atomic mass is 10.2. The van der Waals surface area contributed by atoms with Gasteiger partial charge in [0, 0.05) is 5.56 Å². The van der Waals surface area contributed by atoms with Crippen molar-refractivity contribution in [2.45, 2.75) is 13.5 Å². The number of carboxylic acids is 1. The second kappa shape index (κ2) is 4.57. The smallest absolute Gasteiger partial charge is 0.346 e. The maximum Gasteiger partial charge on any atom is 0.346 e. The SMILES string of the molecule is Cc1c(C(=O)O)sc2ncn(Cc3cnoc3)c(=O)c12. The highest BCUT2D eigenvalue weighted by molar-refractivity contribution is 7.20. The fraction of sp³-hybridized carbons (Fsp3) is 0.167. The number of carbonyl (C=O) groups is 1. The normalized spacial score (nSPS) is 11.1. The van der Waals surface area contributed by atoms with Crippen molar-refractivity contribution >= 4 is 27.5 Å². The number of carboxylic acid groups (broad SMARTS) is 1. The van der Waals surface area contributed by atoms with Crippen LogP contribution in [0, 0.1) is 6.92 Å². The molecule has 0 atom stereocenters. The van der Waals surface area contributed by atoms with Crippen LogP contribution in [0.1, 0.15) is 20.8 Å². The quantitative estimate of drug-likeness (QED) is 0.785. The molecule has 0 aromatic carbocycles. The highest BCUT2D eigenvalue weighted by atomic mass is 32.1. The summed E-state index contributed by atoms with van der Waals surface area (Å²) in [7, 11) is 0. The zero-order valence-corrected chi connectivity index (χ0v) is 11.2. The van der Waals surface area contributed by atoms with Crippen molar-refractivity contribution in [3.05, 3.63) is 45.1 Å². The minimum absolute atomic E-state index is 0.146. The van der Waals surface area contributed by atoms with Crippen LogP contribution < -0.4 is 5.56 Å². The lowest BCUT2D eigenvalue weighted by Crippen LogP contribution is -2.20. The van der Waals surface area contributed by atoms with Gasteiger partial charge in [-0.25, -0.2) is 9.78 Å². The highest BCUT2D eigenvalue weighted by Gasteiger charge is 2.18. The third-order valence-electron chi connectivity index (χ3n) is 2.95. The highest BCUT2D eigenvalue weighted by Crippen LogP contribution is 2.26. The summed E-state index contributed by atoms with van der Waals surface area (Å²) in [6.07, 6.45) is 4.36. The summed E-state index contributed by atoms with van der Waals surface area (Å²) in [4.78, 5) is 28.2. The second-order valence-corrected chi connectivity index (χ2v) is 5.25. The fourth-order valence-corrected chi connectivity index (χ4v) is 2.96. The second-order valence-electron chi connectivity index (χ2n) is 4.25. The molecule has 0 radical (unpaired) electrons. The number of nitrogens with zero attached hydrogens (tertiary/aromatic N) is 3. The third kappa shape index (κ3) is 1.90. The maximum atomic E-state index is 12.4. The Morgan fingerprint density at radius 3 is 3.00 bits per heavy atom. The van der Waals surface area contributed by atoms with Crippen molar-refractivity contribution in [2.75, 3.05) is 0 Å². The molecule has 0 saturated carbocycles. The van der Waals surface area contributed by atoms with Gasteiger partial charge in [0.25, 0.3) is 5.56 Å². The molecule has 0 aliphatic carbocycles. The minimum atomic E-state index is -1.05. The van der Waals surface area contributed by atoms with Crippen molar-refractivity contribution in [3.63, 3.8) is 0 Å². The molecule has 3 aromatic heterocycles. The number of fused-ring (bicyclic) bond motifs is 1. The van der Waals surface area contributed by atoms with Gasteiger partial charge in [0.1, 0.15) is 16.0 Å². The molecule has 0 fully saturated rings. The Morgan fingerprint density at radius 2 is 2.35 bits per heavy atom. The van der Waals surface area contributed by atoms with Gasteiger partial charge in [-0.3, -0.25) is 9.36 Å². The molecule has 102 valence electrons.